The lowest BCUT2D eigenvalue weighted by atomic mass is 10.1. The Bertz CT molecular complexity index is 1030. The SMILES string of the molecule is CNS(=O)(=O)c1ccc(NC(=O)[C@@H](Sc2ccccc2)c2ccccc2)nc1. The van der Waals surface area contributed by atoms with Gasteiger partial charge in [-0.1, -0.05) is 48.5 Å². The number of sulfonamides is 1. The number of nitrogens with one attached hydrogen (secondary N) is 2. The second kappa shape index (κ2) is 9.01. The van der Waals surface area contributed by atoms with Crippen LogP contribution >= 0.6 is 11.8 Å². The molecule has 6 nitrogen and oxygen atoms in total. The number of amides is 1. The Kier molecular flexibility index (Phi) is 6.45. The van der Waals surface area contributed by atoms with E-state index in [9.17, 15) is 13.2 Å². The van der Waals surface area contributed by atoms with Crippen LogP contribution in [0.4, 0.5) is 5.82 Å². The fourth-order valence-corrected chi connectivity index (χ4v) is 4.18. The van der Waals surface area contributed by atoms with Crippen molar-refractivity contribution in [2.45, 2.75) is 15.0 Å². The summed E-state index contributed by atoms with van der Waals surface area (Å²) in [6.45, 7) is 0. The molecule has 0 aliphatic carbocycles. The first-order valence-corrected chi connectivity index (χ1v) is 10.8. The van der Waals surface area contributed by atoms with Gasteiger partial charge in [-0.2, -0.15) is 0 Å². The third kappa shape index (κ3) is 4.98. The van der Waals surface area contributed by atoms with Crippen LogP contribution in [0.1, 0.15) is 10.8 Å². The quantitative estimate of drug-likeness (QED) is 0.579. The molecule has 3 aromatic rings. The lowest BCUT2D eigenvalue weighted by molar-refractivity contribution is -0.115. The van der Waals surface area contributed by atoms with E-state index < -0.39 is 15.3 Å². The van der Waals surface area contributed by atoms with Gasteiger partial charge in [0, 0.05) is 11.1 Å². The summed E-state index contributed by atoms with van der Waals surface area (Å²) in [5.74, 6) is 0.0476. The first-order valence-electron chi connectivity index (χ1n) is 8.47. The molecular formula is C20H19N3O3S2. The van der Waals surface area contributed by atoms with Gasteiger partial charge in [-0.15, -0.1) is 11.8 Å². The van der Waals surface area contributed by atoms with Gasteiger partial charge >= 0.3 is 0 Å². The Hall–Kier alpha value is -2.68. The largest absolute Gasteiger partial charge is 0.309 e. The maximum Gasteiger partial charge on any atom is 0.243 e. The molecule has 2 N–H and O–H groups in total. The molecule has 3 rings (SSSR count). The van der Waals surface area contributed by atoms with Gasteiger partial charge in [0.25, 0.3) is 0 Å². The number of thioether (sulfide) groups is 1. The first kappa shape index (κ1) is 20.1. The van der Waals surface area contributed by atoms with Gasteiger partial charge in [-0.3, -0.25) is 4.79 Å². The molecule has 1 amide bonds. The molecule has 1 heterocycles. The summed E-state index contributed by atoms with van der Waals surface area (Å²) in [6.07, 6.45) is 1.21. The van der Waals surface area contributed by atoms with Crippen molar-refractivity contribution in [2.24, 2.45) is 0 Å². The zero-order valence-electron chi connectivity index (χ0n) is 15.1. The maximum absolute atomic E-state index is 13.0. The number of aromatic nitrogens is 1. The van der Waals surface area contributed by atoms with E-state index in [0.29, 0.717) is 0 Å². The molecule has 0 aliphatic rings. The number of carbonyl (C=O) groups is 1. The van der Waals surface area contributed by atoms with Crippen LogP contribution < -0.4 is 10.0 Å². The van der Waals surface area contributed by atoms with Gasteiger partial charge in [0.2, 0.25) is 15.9 Å². The summed E-state index contributed by atoms with van der Waals surface area (Å²) in [5, 5.41) is 2.29. The molecule has 0 bridgehead atoms. The molecule has 8 heteroatoms. The second-order valence-corrected chi connectivity index (χ2v) is 8.86. The topological polar surface area (TPSA) is 88.2 Å². The molecule has 1 aromatic heterocycles. The van der Waals surface area contributed by atoms with Crippen LogP contribution in [0, 0.1) is 0 Å². The van der Waals surface area contributed by atoms with Crippen LogP contribution in [0.15, 0.2) is 88.8 Å². The van der Waals surface area contributed by atoms with Crippen molar-refractivity contribution < 1.29 is 13.2 Å². The van der Waals surface area contributed by atoms with Crippen LogP contribution in [-0.2, 0) is 14.8 Å². The number of pyridine rings is 1. The molecule has 28 heavy (non-hydrogen) atoms. The minimum Gasteiger partial charge on any atom is -0.309 e. The van der Waals surface area contributed by atoms with Crippen LogP contribution in [0.5, 0.6) is 0 Å². The van der Waals surface area contributed by atoms with Crippen LogP contribution in [0.25, 0.3) is 0 Å². The number of benzene rings is 2. The highest BCUT2D eigenvalue weighted by molar-refractivity contribution is 8.00. The van der Waals surface area contributed by atoms with Crippen molar-refractivity contribution in [3.63, 3.8) is 0 Å². The Morgan fingerprint density at radius 3 is 2.18 bits per heavy atom. The van der Waals surface area contributed by atoms with E-state index in [4.69, 9.17) is 0 Å². The van der Waals surface area contributed by atoms with E-state index in [2.05, 4.69) is 15.0 Å². The highest BCUT2D eigenvalue weighted by Crippen LogP contribution is 2.36. The average molecular weight is 414 g/mol. The molecule has 0 unspecified atom stereocenters. The molecule has 0 aliphatic heterocycles. The molecule has 2 aromatic carbocycles. The number of carbonyl (C=O) groups excluding carboxylic acids is 1. The molecule has 0 saturated carbocycles. The lowest BCUT2D eigenvalue weighted by Gasteiger charge is -2.17. The van der Waals surface area contributed by atoms with Gasteiger partial charge in [0.1, 0.15) is 16.0 Å². The van der Waals surface area contributed by atoms with Crippen molar-refractivity contribution in [3.8, 4) is 0 Å². The normalized spacial score (nSPS) is 12.3. The Morgan fingerprint density at radius 2 is 1.61 bits per heavy atom. The van der Waals surface area contributed by atoms with E-state index in [-0.39, 0.29) is 16.6 Å². The van der Waals surface area contributed by atoms with Crippen molar-refractivity contribution >= 4 is 33.5 Å². The van der Waals surface area contributed by atoms with E-state index in [1.54, 1.807) is 0 Å². The first-order chi connectivity index (χ1) is 13.5. The van der Waals surface area contributed by atoms with Gasteiger partial charge in [-0.05, 0) is 36.9 Å². The Morgan fingerprint density at radius 1 is 0.964 bits per heavy atom. The summed E-state index contributed by atoms with van der Waals surface area (Å²) in [4.78, 5) is 18.0. The van der Waals surface area contributed by atoms with Crippen LogP contribution in [-0.4, -0.2) is 26.4 Å². The molecule has 0 radical (unpaired) electrons. The molecule has 0 saturated heterocycles. The average Bonchev–Trinajstić information content (AvgIpc) is 2.73. The van der Waals surface area contributed by atoms with Crippen LogP contribution in [0.2, 0.25) is 0 Å². The van der Waals surface area contributed by atoms with Gasteiger partial charge in [0.05, 0.1) is 0 Å². The summed E-state index contributed by atoms with van der Waals surface area (Å²) in [6, 6.07) is 22.0. The van der Waals surface area contributed by atoms with Crippen LogP contribution in [0.3, 0.4) is 0 Å². The highest BCUT2D eigenvalue weighted by atomic mass is 32.2. The molecule has 0 spiro atoms. The Labute approximate surface area is 168 Å². The Balaban J connectivity index is 1.81. The number of nitrogens with zero attached hydrogens (tertiary/aromatic N) is 1. The van der Waals surface area contributed by atoms with Gasteiger partial charge < -0.3 is 5.32 Å². The summed E-state index contributed by atoms with van der Waals surface area (Å²) >= 11 is 1.43. The second-order valence-electron chi connectivity index (χ2n) is 5.80. The monoisotopic (exact) mass is 413 g/mol. The number of hydrogen-bond acceptors (Lipinski definition) is 5. The van der Waals surface area contributed by atoms with E-state index in [1.165, 1.54) is 37.1 Å². The summed E-state index contributed by atoms with van der Waals surface area (Å²) in [5.41, 5.74) is 0.864. The highest BCUT2D eigenvalue weighted by Gasteiger charge is 2.22. The minimum absolute atomic E-state index is 0.0336. The third-order valence-electron chi connectivity index (χ3n) is 3.90. The van der Waals surface area contributed by atoms with Gasteiger partial charge in [-0.25, -0.2) is 18.1 Å². The van der Waals surface area contributed by atoms with E-state index in [0.717, 1.165) is 10.5 Å². The minimum atomic E-state index is -3.57. The molecule has 144 valence electrons. The fraction of sp³-hybridized carbons (Fsp3) is 0.100. The number of hydrogen-bond donors (Lipinski definition) is 2. The zero-order valence-corrected chi connectivity index (χ0v) is 16.7. The standard InChI is InChI=1S/C20H19N3O3S2/c1-21-28(25,26)17-12-13-18(22-14-17)23-20(24)19(15-8-4-2-5-9-15)27-16-10-6-3-7-11-16/h2-14,19,21H,1H3,(H,22,23,24)/t19-/m0/s1. The number of anilines is 1. The fourth-order valence-electron chi connectivity index (χ4n) is 2.46. The lowest BCUT2D eigenvalue weighted by Crippen LogP contribution is -2.21. The van der Waals surface area contributed by atoms with Gasteiger partial charge in [0.15, 0.2) is 0 Å². The maximum atomic E-state index is 13.0. The van der Waals surface area contributed by atoms with Crippen molar-refractivity contribution in [3.05, 3.63) is 84.6 Å². The smallest absolute Gasteiger partial charge is 0.243 e. The third-order valence-corrected chi connectivity index (χ3v) is 6.57. The number of rotatable bonds is 7. The van der Waals surface area contributed by atoms with Crippen molar-refractivity contribution in [1.29, 1.82) is 0 Å². The predicted molar refractivity (Wildman–Crippen MR) is 111 cm³/mol. The van der Waals surface area contributed by atoms with Crippen molar-refractivity contribution in [2.75, 3.05) is 12.4 Å². The molecule has 1 atom stereocenters. The van der Waals surface area contributed by atoms with E-state index in [1.807, 2.05) is 60.7 Å². The van der Waals surface area contributed by atoms with Crippen molar-refractivity contribution in [1.82, 2.24) is 9.71 Å². The summed E-state index contributed by atoms with van der Waals surface area (Å²) in [7, 11) is -2.24. The predicted octanol–water partition coefficient (Wildman–Crippen LogP) is 3.46. The van der Waals surface area contributed by atoms with E-state index >= 15 is 0 Å². The summed E-state index contributed by atoms with van der Waals surface area (Å²) < 4.78 is 25.8. The molecule has 0 fully saturated rings. The molecular weight excluding hydrogens is 394 g/mol. The zero-order chi connectivity index (χ0) is 20.0.